The molecule has 0 radical (unpaired) electrons. The van der Waals surface area contributed by atoms with Crippen molar-refractivity contribution in [2.75, 3.05) is 0 Å². The zero-order chi connectivity index (χ0) is 12.9. The Labute approximate surface area is 133 Å². The van der Waals surface area contributed by atoms with Gasteiger partial charge in [-0.05, 0) is 23.8 Å². The van der Waals surface area contributed by atoms with Crippen LogP contribution in [0, 0.1) is 0 Å². The molecule has 3 heteroatoms. The summed E-state index contributed by atoms with van der Waals surface area (Å²) >= 11 is 0. The van der Waals surface area contributed by atoms with Crippen LogP contribution < -0.4 is 15.9 Å². The second-order valence-electron chi connectivity index (χ2n) is 4.34. The van der Waals surface area contributed by atoms with Crippen molar-refractivity contribution < 1.29 is 5.48 Å². The number of rotatable bonds is 3. The van der Waals surface area contributed by atoms with E-state index in [0.717, 1.165) is 0 Å². The second kappa shape index (κ2) is 8.59. The molecule has 2 N–H and O–H groups in total. The maximum atomic E-state index is 2.23. The molecule has 1 nitrogen and oxygen atoms in total. The first-order chi connectivity index (χ1) is 9.45. The van der Waals surface area contributed by atoms with Gasteiger partial charge >= 0.3 is 0 Å². The van der Waals surface area contributed by atoms with Gasteiger partial charge in [0.1, 0.15) is 0 Å². The summed E-state index contributed by atoms with van der Waals surface area (Å²) in [6, 6.07) is 32.3. The molecule has 0 unspecified atom stereocenters. The molecule has 0 atom stereocenters. The van der Waals surface area contributed by atoms with Crippen LogP contribution in [0.2, 0.25) is 0 Å². The van der Waals surface area contributed by atoms with E-state index in [0.29, 0.717) is 0 Å². The zero-order valence-electron chi connectivity index (χ0n) is 11.5. The topological polar surface area (TPSA) is 31.5 Å². The number of benzene rings is 3. The lowest BCUT2D eigenvalue weighted by Crippen LogP contribution is -2.20. The normalized spacial score (nSPS) is 9.57. The molecule has 0 amide bonds. The summed E-state index contributed by atoms with van der Waals surface area (Å²) in [6.07, 6.45) is 0. The van der Waals surface area contributed by atoms with E-state index in [1.54, 1.807) is 0 Å². The van der Waals surface area contributed by atoms with Crippen LogP contribution in [0.1, 0.15) is 0 Å². The highest BCUT2D eigenvalue weighted by atomic mass is 35.5. The first-order valence-electron chi connectivity index (χ1n) is 6.40. The van der Waals surface area contributed by atoms with Crippen molar-refractivity contribution in [3.63, 3.8) is 0 Å². The Bertz CT molecular complexity index is 535. The summed E-state index contributed by atoms with van der Waals surface area (Å²) in [5.74, 6) is 0. The van der Waals surface area contributed by atoms with Gasteiger partial charge in [-0.2, -0.15) is 0 Å². The van der Waals surface area contributed by atoms with Gasteiger partial charge in [-0.25, -0.2) is 0 Å². The van der Waals surface area contributed by atoms with Crippen molar-refractivity contribution in [3.8, 4) is 0 Å². The molecular formula is C18H18ClOP. The van der Waals surface area contributed by atoms with Gasteiger partial charge in [0.15, 0.2) is 0 Å². The van der Waals surface area contributed by atoms with E-state index in [2.05, 4.69) is 91.0 Å². The highest BCUT2D eigenvalue weighted by Crippen LogP contribution is 2.32. The maximum absolute atomic E-state index is 2.23. The highest BCUT2D eigenvalue weighted by Gasteiger charge is 2.14. The molecule has 0 heterocycles. The van der Waals surface area contributed by atoms with Gasteiger partial charge < -0.3 is 5.48 Å². The minimum Gasteiger partial charge on any atom is -0.412 e. The molecule has 0 aliphatic rings. The van der Waals surface area contributed by atoms with Crippen LogP contribution in [0.5, 0.6) is 0 Å². The van der Waals surface area contributed by atoms with Crippen molar-refractivity contribution in [1.29, 1.82) is 0 Å². The van der Waals surface area contributed by atoms with Gasteiger partial charge in [-0.1, -0.05) is 91.0 Å². The molecule has 0 spiro atoms. The monoisotopic (exact) mass is 316 g/mol. The lowest BCUT2D eigenvalue weighted by molar-refractivity contribution is 0.824. The third-order valence-electron chi connectivity index (χ3n) is 3.04. The number of hydrogen-bond donors (Lipinski definition) is 0. The first-order valence-corrected chi connectivity index (χ1v) is 7.74. The second-order valence-corrected chi connectivity index (χ2v) is 6.56. The average Bonchev–Trinajstić information content (AvgIpc) is 2.51. The summed E-state index contributed by atoms with van der Waals surface area (Å²) in [4.78, 5) is 0. The fraction of sp³-hybridized carbons (Fsp3) is 0. The first kappa shape index (κ1) is 17.4. The Morgan fingerprint density at radius 1 is 0.429 bits per heavy atom. The lowest BCUT2D eigenvalue weighted by atomic mass is 10.4. The molecule has 0 aliphatic carbocycles. The summed E-state index contributed by atoms with van der Waals surface area (Å²) in [5.41, 5.74) is 0. The minimum atomic E-state index is -0.446. The van der Waals surface area contributed by atoms with Crippen LogP contribution in [0.3, 0.4) is 0 Å². The van der Waals surface area contributed by atoms with Crippen LogP contribution in [-0.4, -0.2) is 5.48 Å². The molecule has 3 aromatic carbocycles. The van der Waals surface area contributed by atoms with Crippen molar-refractivity contribution in [2.45, 2.75) is 0 Å². The highest BCUT2D eigenvalue weighted by molar-refractivity contribution is 7.79. The smallest absolute Gasteiger partial charge is 0.0134 e. The van der Waals surface area contributed by atoms with Gasteiger partial charge in [0.2, 0.25) is 0 Å². The van der Waals surface area contributed by atoms with Crippen LogP contribution in [-0.2, 0) is 0 Å². The summed E-state index contributed by atoms with van der Waals surface area (Å²) < 4.78 is 0. The molecular weight excluding hydrogens is 299 g/mol. The molecule has 3 aromatic rings. The van der Waals surface area contributed by atoms with Crippen molar-refractivity contribution in [3.05, 3.63) is 91.0 Å². The van der Waals surface area contributed by atoms with Crippen LogP contribution in [0.25, 0.3) is 0 Å². The Kier molecular flexibility index (Phi) is 7.11. The fourth-order valence-corrected chi connectivity index (χ4v) is 4.48. The molecule has 0 aliphatic heterocycles. The van der Waals surface area contributed by atoms with Gasteiger partial charge in [-0.15, -0.1) is 12.4 Å². The predicted octanol–water partition coefficient (Wildman–Crippen LogP) is 3.04. The summed E-state index contributed by atoms with van der Waals surface area (Å²) in [5, 5.41) is 4.19. The van der Waals surface area contributed by atoms with E-state index in [1.165, 1.54) is 15.9 Å². The molecule has 0 bridgehead atoms. The van der Waals surface area contributed by atoms with Gasteiger partial charge in [0.05, 0.1) is 0 Å². The van der Waals surface area contributed by atoms with Crippen molar-refractivity contribution >= 4 is 36.2 Å². The lowest BCUT2D eigenvalue weighted by Gasteiger charge is -2.18. The molecule has 0 saturated carbocycles. The molecule has 0 fully saturated rings. The average molecular weight is 317 g/mol. The SMILES string of the molecule is Cl.O.c1ccc(P(c2ccccc2)c2ccccc2)cc1. The molecule has 3 rings (SSSR count). The van der Waals surface area contributed by atoms with Gasteiger partial charge in [0.25, 0.3) is 0 Å². The van der Waals surface area contributed by atoms with Gasteiger partial charge in [-0.3, -0.25) is 0 Å². The number of hydrogen-bond acceptors (Lipinski definition) is 0. The summed E-state index contributed by atoms with van der Waals surface area (Å²) in [6.45, 7) is 0. The maximum Gasteiger partial charge on any atom is -0.0134 e. The van der Waals surface area contributed by atoms with E-state index in [1.807, 2.05) is 0 Å². The Balaban J connectivity index is 0.00000110. The third-order valence-corrected chi connectivity index (χ3v) is 5.49. The zero-order valence-corrected chi connectivity index (χ0v) is 13.2. The minimum absolute atomic E-state index is 0. The van der Waals surface area contributed by atoms with E-state index < -0.39 is 7.92 Å². The van der Waals surface area contributed by atoms with E-state index >= 15 is 0 Å². The van der Waals surface area contributed by atoms with E-state index in [-0.39, 0.29) is 17.9 Å². The van der Waals surface area contributed by atoms with Crippen LogP contribution >= 0.6 is 20.3 Å². The fourth-order valence-electron chi connectivity index (χ4n) is 2.18. The van der Waals surface area contributed by atoms with Crippen molar-refractivity contribution in [2.24, 2.45) is 0 Å². The third kappa shape index (κ3) is 4.15. The quantitative estimate of drug-likeness (QED) is 0.665. The molecule has 108 valence electrons. The van der Waals surface area contributed by atoms with Crippen molar-refractivity contribution in [1.82, 2.24) is 0 Å². The Morgan fingerprint density at radius 2 is 0.667 bits per heavy atom. The standard InChI is InChI=1S/C18H15P.ClH.H2O/c1-4-10-16(11-5-1)19(17-12-6-2-7-13-17)18-14-8-3-9-15-18;;/h1-15H;1H;1H2. The number of halogens is 1. The summed E-state index contributed by atoms with van der Waals surface area (Å²) in [7, 11) is -0.446. The molecule has 0 aromatic heterocycles. The van der Waals surface area contributed by atoms with Gasteiger partial charge in [0, 0.05) is 0 Å². The van der Waals surface area contributed by atoms with E-state index in [9.17, 15) is 0 Å². The van der Waals surface area contributed by atoms with Crippen LogP contribution in [0.4, 0.5) is 0 Å². The molecule has 0 saturated heterocycles. The molecule has 21 heavy (non-hydrogen) atoms. The Morgan fingerprint density at radius 3 is 0.905 bits per heavy atom. The Hall–Kier alpha value is -1.66. The largest absolute Gasteiger partial charge is 0.412 e. The van der Waals surface area contributed by atoms with Crippen LogP contribution in [0.15, 0.2) is 91.0 Å². The predicted molar refractivity (Wildman–Crippen MR) is 96.0 cm³/mol. The van der Waals surface area contributed by atoms with E-state index in [4.69, 9.17) is 0 Å².